The van der Waals surface area contributed by atoms with Gasteiger partial charge in [0.25, 0.3) is 0 Å². The minimum atomic E-state index is -0.872. The van der Waals surface area contributed by atoms with Gasteiger partial charge in [0, 0.05) is 0 Å². The summed E-state index contributed by atoms with van der Waals surface area (Å²) < 4.78 is 18.3. The largest absolute Gasteiger partial charge is 0.487 e. The normalized spacial score (nSPS) is 21.7. The number of hydrogen-bond acceptors (Lipinski definition) is 3. The van der Waals surface area contributed by atoms with E-state index in [-0.39, 0.29) is 12.4 Å². The van der Waals surface area contributed by atoms with Crippen molar-refractivity contribution in [2.24, 2.45) is 0 Å². The van der Waals surface area contributed by atoms with Gasteiger partial charge < -0.3 is 14.9 Å². The first-order valence-electron chi connectivity index (χ1n) is 4.94. The third-order valence-electron chi connectivity index (χ3n) is 2.62. The van der Waals surface area contributed by atoms with Crippen molar-refractivity contribution in [2.45, 2.75) is 25.0 Å². The van der Waals surface area contributed by atoms with Crippen LogP contribution in [-0.4, -0.2) is 29.0 Å². The molecule has 2 atom stereocenters. The highest BCUT2D eigenvalue weighted by Crippen LogP contribution is 2.29. The molecule has 1 aromatic carbocycles. The predicted molar refractivity (Wildman–Crippen MR) is 52.2 cm³/mol. The van der Waals surface area contributed by atoms with E-state index in [0.717, 1.165) is 5.56 Å². The van der Waals surface area contributed by atoms with Crippen molar-refractivity contribution in [2.75, 3.05) is 6.61 Å². The molecule has 1 aromatic rings. The number of hydrogen-bond donors (Lipinski definition) is 2. The first kappa shape index (κ1) is 10.4. The number of ether oxygens (including phenoxy) is 1. The van der Waals surface area contributed by atoms with E-state index in [1.54, 1.807) is 6.07 Å². The Balaban J connectivity index is 2.16. The Bertz CT molecular complexity index is 354. The summed E-state index contributed by atoms with van der Waals surface area (Å²) in [6.07, 6.45) is -0.0105. The quantitative estimate of drug-likeness (QED) is 0.764. The number of halogens is 1. The molecular weight excluding hydrogens is 199 g/mol. The third-order valence-corrected chi connectivity index (χ3v) is 2.62. The molecule has 0 aliphatic carbocycles. The minimum Gasteiger partial charge on any atom is -0.487 e. The van der Waals surface area contributed by atoms with Gasteiger partial charge in [-0.25, -0.2) is 4.39 Å². The molecule has 0 bridgehead atoms. The molecule has 0 saturated carbocycles. The van der Waals surface area contributed by atoms with Gasteiger partial charge in [0.15, 0.2) is 0 Å². The van der Waals surface area contributed by atoms with Crippen LogP contribution in [0.4, 0.5) is 4.39 Å². The standard InChI is InChI=1S/C11H13FO3/c12-8-2-4-10-7(5-8)1-3-11(15-10)9(14)6-13/h2,4-5,9,11,13-14H,1,3,6H2/t9-,11+/m0/s1. The fourth-order valence-electron chi connectivity index (χ4n) is 1.77. The fourth-order valence-corrected chi connectivity index (χ4v) is 1.77. The van der Waals surface area contributed by atoms with E-state index < -0.39 is 12.2 Å². The molecule has 0 saturated heterocycles. The maximum Gasteiger partial charge on any atom is 0.127 e. The Labute approximate surface area is 87.1 Å². The number of aliphatic hydroxyl groups excluding tert-OH is 2. The van der Waals surface area contributed by atoms with Crippen LogP contribution >= 0.6 is 0 Å². The van der Waals surface area contributed by atoms with Gasteiger partial charge in [0.1, 0.15) is 23.8 Å². The van der Waals surface area contributed by atoms with Gasteiger partial charge >= 0.3 is 0 Å². The number of rotatable bonds is 2. The molecule has 0 aromatic heterocycles. The third kappa shape index (κ3) is 2.11. The molecule has 4 heteroatoms. The molecule has 0 unspecified atom stereocenters. The second kappa shape index (κ2) is 4.16. The summed E-state index contributed by atoms with van der Waals surface area (Å²) in [5.41, 5.74) is 0.816. The first-order valence-corrected chi connectivity index (χ1v) is 4.94. The van der Waals surface area contributed by atoms with E-state index in [1.165, 1.54) is 12.1 Å². The predicted octanol–water partition coefficient (Wildman–Crippen LogP) is 0.872. The van der Waals surface area contributed by atoms with E-state index in [1.807, 2.05) is 0 Å². The minimum absolute atomic E-state index is 0.279. The molecule has 2 N–H and O–H groups in total. The molecule has 0 spiro atoms. The lowest BCUT2D eigenvalue weighted by Gasteiger charge is -2.28. The molecular formula is C11H13FO3. The van der Waals surface area contributed by atoms with Crippen LogP contribution in [0.25, 0.3) is 0 Å². The Kier molecular flexibility index (Phi) is 2.88. The van der Waals surface area contributed by atoms with Crippen LogP contribution in [-0.2, 0) is 6.42 Å². The van der Waals surface area contributed by atoms with E-state index in [0.29, 0.717) is 18.6 Å². The van der Waals surface area contributed by atoms with Crippen LogP contribution in [0, 0.1) is 5.82 Å². The summed E-state index contributed by atoms with van der Waals surface area (Å²) in [5, 5.41) is 18.2. The van der Waals surface area contributed by atoms with Crippen molar-refractivity contribution in [1.82, 2.24) is 0 Å². The summed E-state index contributed by atoms with van der Waals surface area (Å²) >= 11 is 0. The Morgan fingerprint density at radius 3 is 3.07 bits per heavy atom. The first-order chi connectivity index (χ1) is 7.20. The number of aliphatic hydroxyl groups is 2. The fraction of sp³-hybridized carbons (Fsp3) is 0.455. The Hall–Kier alpha value is -1.13. The lowest BCUT2D eigenvalue weighted by atomic mass is 9.99. The Morgan fingerprint density at radius 1 is 1.53 bits per heavy atom. The van der Waals surface area contributed by atoms with Crippen LogP contribution in [0.1, 0.15) is 12.0 Å². The molecule has 1 aliphatic heterocycles. The van der Waals surface area contributed by atoms with Gasteiger partial charge in [0.2, 0.25) is 0 Å². The smallest absolute Gasteiger partial charge is 0.127 e. The summed E-state index contributed by atoms with van der Waals surface area (Å²) in [4.78, 5) is 0. The average molecular weight is 212 g/mol. The van der Waals surface area contributed by atoms with Crippen molar-refractivity contribution >= 4 is 0 Å². The van der Waals surface area contributed by atoms with Crippen LogP contribution in [0.15, 0.2) is 18.2 Å². The van der Waals surface area contributed by atoms with Crippen molar-refractivity contribution in [3.8, 4) is 5.75 Å². The molecule has 1 aliphatic rings. The zero-order valence-corrected chi connectivity index (χ0v) is 8.19. The molecule has 0 radical (unpaired) electrons. The van der Waals surface area contributed by atoms with E-state index in [9.17, 15) is 9.50 Å². The number of aryl methyl sites for hydroxylation is 1. The van der Waals surface area contributed by atoms with Crippen molar-refractivity contribution in [3.63, 3.8) is 0 Å². The lowest BCUT2D eigenvalue weighted by Crippen LogP contribution is -2.37. The second-order valence-corrected chi connectivity index (χ2v) is 3.70. The molecule has 0 amide bonds. The number of fused-ring (bicyclic) bond motifs is 1. The number of benzene rings is 1. The Morgan fingerprint density at radius 2 is 2.33 bits per heavy atom. The monoisotopic (exact) mass is 212 g/mol. The molecule has 2 rings (SSSR count). The SMILES string of the molecule is OC[C@H](O)[C@H]1CCc2cc(F)ccc2O1. The van der Waals surface area contributed by atoms with Gasteiger partial charge in [-0.2, -0.15) is 0 Å². The van der Waals surface area contributed by atoms with Gasteiger partial charge in [-0.3, -0.25) is 0 Å². The van der Waals surface area contributed by atoms with Crippen LogP contribution < -0.4 is 4.74 Å². The highest BCUT2D eigenvalue weighted by molar-refractivity contribution is 5.35. The zero-order chi connectivity index (χ0) is 10.8. The van der Waals surface area contributed by atoms with Crippen LogP contribution in [0.5, 0.6) is 5.75 Å². The summed E-state index contributed by atoms with van der Waals surface area (Å²) in [5.74, 6) is 0.318. The van der Waals surface area contributed by atoms with E-state index >= 15 is 0 Å². The van der Waals surface area contributed by atoms with Gasteiger partial charge in [0.05, 0.1) is 6.61 Å². The van der Waals surface area contributed by atoms with E-state index in [2.05, 4.69) is 0 Å². The highest BCUT2D eigenvalue weighted by Gasteiger charge is 2.25. The van der Waals surface area contributed by atoms with Crippen molar-refractivity contribution in [1.29, 1.82) is 0 Å². The lowest BCUT2D eigenvalue weighted by molar-refractivity contribution is -0.00965. The summed E-state index contributed by atoms with van der Waals surface area (Å²) in [6, 6.07) is 4.32. The maximum absolute atomic E-state index is 12.9. The molecule has 82 valence electrons. The topological polar surface area (TPSA) is 49.7 Å². The molecule has 15 heavy (non-hydrogen) atoms. The van der Waals surface area contributed by atoms with Crippen LogP contribution in [0.2, 0.25) is 0 Å². The highest BCUT2D eigenvalue weighted by atomic mass is 19.1. The average Bonchev–Trinajstić information content (AvgIpc) is 2.27. The molecule has 1 heterocycles. The maximum atomic E-state index is 12.9. The summed E-state index contributed by atoms with van der Waals surface area (Å²) in [7, 11) is 0. The van der Waals surface area contributed by atoms with Crippen molar-refractivity contribution in [3.05, 3.63) is 29.6 Å². The van der Waals surface area contributed by atoms with Crippen LogP contribution in [0.3, 0.4) is 0 Å². The zero-order valence-electron chi connectivity index (χ0n) is 8.19. The van der Waals surface area contributed by atoms with Gasteiger partial charge in [-0.1, -0.05) is 0 Å². The molecule has 3 nitrogen and oxygen atoms in total. The van der Waals surface area contributed by atoms with Crippen molar-refractivity contribution < 1.29 is 19.3 Å². The van der Waals surface area contributed by atoms with Gasteiger partial charge in [-0.05, 0) is 36.6 Å². The molecule has 0 fully saturated rings. The second-order valence-electron chi connectivity index (χ2n) is 3.70. The van der Waals surface area contributed by atoms with Gasteiger partial charge in [-0.15, -0.1) is 0 Å². The van der Waals surface area contributed by atoms with E-state index in [4.69, 9.17) is 9.84 Å². The summed E-state index contributed by atoms with van der Waals surface area (Å²) in [6.45, 7) is -0.318.